The summed E-state index contributed by atoms with van der Waals surface area (Å²) in [6.45, 7) is 1.02. The summed E-state index contributed by atoms with van der Waals surface area (Å²) < 4.78 is 3.11. The molecule has 21 heavy (non-hydrogen) atoms. The Morgan fingerprint density at radius 2 is 2.05 bits per heavy atom. The second kappa shape index (κ2) is 5.68. The summed E-state index contributed by atoms with van der Waals surface area (Å²) in [5.74, 6) is 2.63. The van der Waals surface area contributed by atoms with Crippen molar-refractivity contribution in [3.63, 3.8) is 0 Å². The minimum Gasteiger partial charge on any atom is -0.306 e. The highest BCUT2D eigenvalue weighted by atomic mass is 79.9. The number of halogens is 1. The first kappa shape index (κ1) is 13.7. The highest BCUT2D eigenvalue weighted by Gasteiger charge is 2.27. The van der Waals surface area contributed by atoms with Gasteiger partial charge in [-0.1, -0.05) is 6.42 Å². The number of fused-ring (bicyclic) bond motifs is 1. The molecule has 3 heterocycles. The Kier molecular flexibility index (Phi) is 3.71. The monoisotopic (exact) mass is 365 g/mol. The van der Waals surface area contributed by atoms with Crippen LogP contribution in [0.15, 0.2) is 20.9 Å². The van der Waals surface area contributed by atoms with Crippen LogP contribution in [0.4, 0.5) is 0 Å². The standard InChI is InChI=1S/C14H16BrN5S/c15-10-8-12(17-13(16-10)9-5-6-9)21-14-19-18-11-4-2-1-3-7-20(11)14/h8-9H,1-7H2. The average molecular weight is 366 g/mol. The van der Waals surface area contributed by atoms with Gasteiger partial charge in [-0.05, 0) is 53.4 Å². The highest BCUT2D eigenvalue weighted by Crippen LogP contribution is 2.39. The van der Waals surface area contributed by atoms with Gasteiger partial charge < -0.3 is 4.57 Å². The average Bonchev–Trinajstić information content (AvgIpc) is 3.27. The fourth-order valence-electron chi connectivity index (χ4n) is 2.62. The fourth-order valence-corrected chi connectivity index (χ4v) is 4.05. The van der Waals surface area contributed by atoms with Crippen LogP contribution in [0, 0.1) is 0 Å². The van der Waals surface area contributed by atoms with Gasteiger partial charge in [-0.3, -0.25) is 0 Å². The van der Waals surface area contributed by atoms with E-state index in [9.17, 15) is 0 Å². The van der Waals surface area contributed by atoms with Crippen molar-refractivity contribution >= 4 is 27.7 Å². The van der Waals surface area contributed by atoms with Crippen molar-refractivity contribution in [2.24, 2.45) is 0 Å². The van der Waals surface area contributed by atoms with Crippen molar-refractivity contribution in [3.8, 4) is 0 Å². The number of aromatic nitrogens is 5. The summed E-state index contributed by atoms with van der Waals surface area (Å²) in [4.78, 5) is 9.16. The van der Waals surface area contributed by atoms with E-state index in [1.807, 2.05) is 6.07 Å². The van der Waals surface area contributed by atoms with E-state index < -0.39 is 0 Å². The van der Waals surface area contributed by atoms with Crippen molar-refractivity contribution in [2.45, 2.75) is 61.2 Å². The number of rotatable bonds is 3. The maximum atomic E-state index is 4.68. The summed E-state index contributed by atoms with van der Waals surface area (Å²) in [6.07, 6.45) is 7.15. The van der Waals surface area contributed by atoms with Crippen LogP contribution in [0.25, 0.3) is 0 Å². The van der Waals surface area contributed by atoms with E-state index in [2.05, 4.69) is 40.7 Å². The van der Waals surface area contributed by atoms with Gasteiger partial charge in [0.1, 0.15) is 21.3 Å². The van der Waals surface area contributed by atoms with E-state index in [1.165, 1.54) is 32.1 Å². The Hall–Kier alpha value is -0.950. The zero-order valence-electron chi connectivity index (χ0n) is 11.6. The van der Waals surface area contributed by atoms with Crippen LogP contribution >= 0.6 is 27.7 Å². The molecule has 2 aliphatic rings. The zero-order valence-corrected chi connectivity index (χ0v) is 14.0. The van der Waals surface area contributed by atoms with Crippen LogP contribution < -0.4 is 0 Å². The fraction of sp³-hybridized carbons (Fsp3) is 0.571. The van der Waals surface area contributed by atoms with Crippen LogP contribution in [0.3, 0.4) is 0 Å². The van der Waals surface area contributed by atoms with Gasteiger partial charge in [0.25, 0.3) is 0 Å². The molecule has 1 aliphatic heterocycles. The zero-order chi connectivity index (χ0) is 14.2. The van der Waals surface area contributed by atoms with E-state index in [4.69, 9.17) is 0 Å². The maximum Gasteiger partial charge on any atom is 0.197 e. The highest BCUT2D eigenvalue weighted by molar-refractivity contribution is 9.10. The number of nitrogens with zero attached hydrogens (tertiary/aromatic N) is 5. The molecule has 0 bridgehead atoms. The largest absolute Gasteiger partial charge is 0.306 e. The van der Waals surface area contributed by atoms with Gasteiger partial charge >= 0.3 is 0 Å². The predicted molar refractivity (Wildman–Crippen MR) is 83.4 cm³/mol. The first-order chi connectivity index (χ1) is 10.3. The molecule has 0 saturated heterocycles. The van der Waals surface area contributed by atoms with E-state index in [-0.39, 0.29) is 0 Å². The molecular formula is C14H16BrN5S. The molecule has 0 unspecified atom stereocenters. The second-order valence-electron chi connectivity index (χ2n) is 5.62. The molecule has 1 fully saturated rings. The van der Waals surface area contributed by atoms with Gasteiger partial charge in [0.05, 0.1) is 0 Å². The van der Waals surface area contributed by atoms with Crippen LogP contribution in [0.5, 0.6) is 0 Å². The summed E-state index contributed by atoms with van der Waals surface area (Å²) in [5.41, 5.74) is 0. The van der Waals surface area contributed by atoms with Crippen molar-refractivity contribution < 1.29 is 0 Å². The van der Waals surface area contributed by atoms with E-state index in [0.717, 1.165) is 39.4 Å². The van der Waals surface area contributed by atoms with Gasteiger partial charge in [-0.15, -0.1) is 10.2 Å². The summed E-state index contributed by atoms with van der Waals surface area (Å²) in [5, 5.41) is 10.6. The molecule has 0 spiro atoms. The van der Waals surface area contributed by atoms with Crippen molar-refractivity contribution in [3.05, 3.63) is 22.3 Å². The third kappa shape index (κ3) is 2.99. The van der Waals surface area contributed by atoms with E-state index >= 15 is 0 Å². The molecule has 5 nitrogen and oxygen atoms in total. The smallest absolute Gasteiger partial charge is 0.197 e. The third-order valence-corrected chi connectivity index (χ3v) is 5.21. The molecule has 0 aromatic carbocycles. The first-order valence-electron chi connectivity index (χ1n) is 7.44. The lowest BCUT2D eigenvalue weighted by molar-refractivity contribution is 0.590. The molecule has 4 rings (SSSR count). The van der Waals surface area contributed by atoms with Gasteiger partial charge in [0, 0.05) is 24.9 Å². The van der Waals surface area contributed by atoms with E-state index in [0.29, 0.717) is 5.92 Å². The van der Waals surface area contributed by atoms with Crippen LogP contribution in [-0.4, -0.2) is 24.7 Å². The lowest BCUT2D eigenvalue weighted by atomic mass is 10.2. The summed E-state index contributed by atoms with van der Waals surface area (Å²) in [6, 6.07) is 1.97. The third-order valence-electron chi connectivity index (χ3n) is 3.90. The molecule has 110 valence electrons. The lowest BCUT2D eigenvalue weighted by Crippen LogP contribution is -2.02. The van der Waals surface area contributed by atoms with E-state index in [1.54, 1.807) is 11.8 Å². The molecule has 1 aliphatic carbocycles. The molecule has 0 radical (unpaired) electrons. The van der Waals surface area contributed by atoms with Gasteiger partial charge in [-0.2, -0.15) is 0 Å². The van der Waals surface area contributed by atoms with Crippen LogP contribution in [-0.2, 0) is 13.0 Å². The predicted octanol–water partition coefficient (Wildman–Crippen LogP) is 3.59. The minimum absolute atomic E-state index is 0.553. The Morgan fingerprint density at radius 3 is 2.90 bits per heavy atom. The molecule has 2 aromatic heterocycles. The number of aryl methyl sites for hydroxylation is 1. The maximum absolute atomic E-state index is 4.68. The Balaban J connectivity index is 1.62. The van der Waals surface area contributed by atoms with Crippen molar-refractivity contribution in [2.75, 3.05) is 0 Å². The lowest BCUT2D eigenvalue weighted by Gasteiger charge is -2.07. The quantitative estimate of drug-likeness (QED) is 0.777. The topological polar surface area (TPSA) is 56.5 Å². The minimum atomic E-state index is 0.553. The normalized spacial score (nSPS) is 18.3. The van der Waals surface area contributed by atoms with Crippen LogP contribution in [0.1, 0.15) is 49.7 Å². The number of hydrogen-bond acceptors (Lipinski definition) is 5. The summed E-state index contributed by atoms with van der Waals surface area (Å²) in [7, 11) is 0. The second-order valence-corrected chi connectivity index (χ2v) is 7.42. The van der Waals surface area contributed by atoms with Crippen LogP contribution in [0.2, 0.25) is 0 Å². The van der Waals surface area contributed by atoms with Gasteiger partial charge in [0.15, 0.2) is 5.16 Å². The molecule has 0 atom stereocenters. The molecule has 0 N–H and O–H groups in total. The summed E-state index contributed by atoms with van der Waals surface area (Å²) >= 11 is 5.09. The van der Waals surface area contributed by atoms with Crippen molar-refractivity contribution in [1.29, 1.82) is 0 Å². The SMILES string of the molecule is Brc1cc(Sc2nnc3n2CCCCC3)nc(C2CC2)n1. The van der Waals surface area contributed by atoms with Gasteiger partial charge in [-0.25, -0.2) is 9.97 Å². The Morgan fingerprint density at radius 1 is 1.14 bits per heavy atom. The Labute approximate surface area is 136 Å². The molecule has 7 heteroatoms. The first-order valence-corrected chi connectivity index (χ1v) is 9.05. The molecule has 0 amide bonds. The molecule has 1 saturated carbocycles. The molecule has 2 aromatic rings. The van der Waals surface area contributed by atoms with Crippen molar-refractivity contribution in [1.82, 2.24) is 24.7 Å². The Bertz CT molecular complexity index is 667. The number of hydrogen-bond donors (Lipinski definition) is 0. The van der Waals surface area contributed by atoms with Gasteiger partial charge in [0.2, 0.25) is 0 Å². The molecular weight excluding hydrogens is 350 g/mol.